The Balaban J connectivity index is 2.59. The lowest BCUT2D eigenvalue weighted by Gasteiger charge is -2.30. The average Bonchev–Trinajstić information content (AvgIpc) is 2.64. The molecule has 0 saturated carbocycles. The fourth-order valence-electron chi connectivity index (χ4n) is 1.97. The number of nitrogens with zero attached hydrogens (tertiary/aromatic N) is 1. The van der Waals surface area contributed by atoms with Gasteiger partial charge in [-0.1, -0.05) is 6.92 Å². The van der Waals surface area contributed by atoms with Crippen LogP contribution in [0.2, 0.25) is 0 Å². The minimum Gasteiger partial charge on any atom is -0.481 e. The van der Waals surface area contributed by atoms with Crippen LogP contribution in [0, 0.1) is 0 Å². The van der Waals surface area contributed by atoms with Gasteiger partial charge in [-0.2, -0.15) is 0 Å². The van der Waals surface area contributed by atoms with Crippen molar-refractivity contribution >= 4 is 12.0 Å². The van der Waals surface area contributed by atoms with E-state index in [1.807, 2.05) is 20.8 Å². The first-order chi connectivity index (χ1) is 7.85. The van der Waals surface area contributed by atoms with Gasteiger partial charge in [0, 0.05) is 18.1 Å². The lowest BCUT2D eigenvalue weighted by atomic mass is 10.0. The summed E-state index contributed by atoms with van der Waals surface area (Å²) in [5, 5.41) is 11.7. The van der Waals surface area contributed by atoms with Crippen LogP contribution in [-0.2, 0) is 4.79 Å². The maximum Gasteiger partial charge on any atom is 0.318 e. The fraction of sp³-hybridized carbons (Fsp3) is 0.833. The number of urea groups is 1. The van der Waals surface area contributed by atoms with Crippen LogP contribution in [0.15, 0.2) is 0 Å². The molecule has 0 radical (unpaired) electrons. The summed E-state index contributed by atoms with van der Waals surface area (Å²) >= 11 is 0. The molecule has 1 saturated heterocycles. The molecule has 1 aliphatic rings. The number of nitrogens with one attached hydrogen (secondary N) is 1. The summed E-state index contributed by atoms with van der Waals surface area (Å²) in [6.07, 6.45) is 2.56. The lowest BCUT2D eigenvalue weighted by molar-refractivity contribution is -0.137. The molecule has 0 spiro atoms. The molecule has 1 rings (SSSR count). The van der Waals surface area contributed by atoms with Gasteiger partial charge < -0.3 is 15.3 Å². The molecule has 0 aromatic rings. The van der Waals surface area contributed by atoms with E-state index in [1.54, 1.807) is 4.90 Å². The van der Waals surface area contributed by atoms with Crippen molar-refractivity contribution in [2.45, 2.75) is 58.0 Å². The highest BCUT2D eigenvalue weighted by molar-refractivity contribution is 5.77. The van der Waals surface area contributed by atoms with Crippen LogP contribution in [0.5, 0.6) is 0 Å². The number of likely N-dealkylation sites (tertiary alicyclic amines) is 1. The maximum atomic E-state index is 12.0. The quantitative estimate of drug-likeness (QED) is 0.790. The number of carboxylic acids is 1. The van der Waals surface area contributed by atoms with Gasteiger partial charge in [-0.15, -0.1) is 0 Å². The second kappa shape index (κ2) is 5.38. The monoisotopic (exact) mass is 242 g/mol. The zero-order chi connectivity index (χ0) is 13.1. The molecule has 1 atom stereocenters. The van der Waals surface area contributed by atoms with Gasteiger partial charge in [0.15, 0.2) is 0 Å². The Kier molecular flexibility index (Phi) is 4.37. The highest BCUT2D eigenvalue weighted by Crippen LogP contribution is 2.21. The molecule has 1 aliphatic heterocycles. The Morgan fingerprint density at radius 1 is 1.47 bits per heavy atom. The average molecular weight is 242 g/mol. The molecule has 17 heavy (non-hydrogen) atoms. The van der Waals surface area contributed by atoms with Gasteiger partial charge in [-0.25, -0.2) is 4.79 Å². The molecule has 2 N–H and O–H groups in total. The molecule has 5 nitrogen and oxygen atoms in total. The summed E-state index contributed by atoms with van der Waals surface area (Å²) < 4.78 is 0. The maximum absolute atomic E-state index is 12.0. The van der Waals surface area contributed by atoms with Crippen LogP contribution in [0.3, 0.4) is 0 Å². The third-order valence-corrected chi connectivity index (χ3v) is 3.38. The molecule has 5 heteroatoms. The van der Waals surface area contributed by atoms with Gasteiger partial charge in [0.1, 0.15) is 0 Å². The van der Waals surface area contributed by atoms with E-state index in [4.69, 9.17) is 5.11 Å². The SMILES string of the molecule is CCC(C)(C)NC(=O)N1CCCC1CC(=O)O. The molecule has 1 fully saturated rings. The normalized spacial score (nSPS) is 20.4. The molecule has 0 bridgehead atoms. The number of carbonyl (C=O) groups is 2. The van der Waals surface area contributed by atoms with Crippen LogP contribution in [0.1, 0.15) is 46.5 Å². The van der Waals surface area contributed by atoms with Crippen molar-refractivity contribution in [1.82, 2.24) is 10.2 Å². The lowest BCUT2D eigenvalue weighted by Crippen LogP contribution is -2.51. The number of hydrogen-bond donors (Lipinski definition) is 2. The number of hydrogen-bond acceptors (Lipinski definition) is 2. The van der Waals surface area contributed by atoms with Crippen LogP contribution >= 0.6 is 0 Å². The topological polar surface area (TPSA) is 69.6 Å². The minimum atomic E-state index is -0.843. The number of amides is 2. The van der Waals surface area contributed by atoms with Gasteiger partial charge in [0.2, 0.25) is 0 Å². The zero-order valence-electron chi connectivity index (χ0n) is 10.8. The van der Waals surface area contributed by atoms with E-state index in [0.717, 1.165) is 19.3 Å². The van der Waals surface area contributed by atoms with E-state index in [1.165, 1.54) is 0 Å². The molecular formula is C12H22N2O3. The fourth-order valence-corrected chi connectivity index (χ4v) is 1.97. The third kappa shape index (κ3) is 3.91. The summed E-state index contributed by atoms with van der Waals surface area (Å²) in [5.74, 6) is -0.843. The summed E-state index contributed by atoms with van der Waals surface area (Å²) in [6, 6.07) is -0.291. The molecule has 1 unspecified atom stereocenters. The van der Waals surface area contributed by atoms with Crippen molar-refractivity contribution in [3.05, 3.63) is 0 Å². The first kappa shape index (κ1) is 13.8. The van der Waals surface area contributed by atoms with E-state index in [9.17, 15) is 9.59 Å². The van der Waals surface area contributed by atoms with E-state index in [2.05, 4.69) is 5.32 Å². The molecule has 1 heterocycles. The van der Waals surface area contributed by atoms with Crippen LogP contribution in [-0.4, -0.2) is 40.1 Å². The first-order valence-electron chi connectivity index (χ1n) is 6.16. The standard InChI is InChI=1S/C12H22N2O3/c1-4-12(2,3)13-11(17)14-7-5-6-9(14)8-10(15)16/h9H,4-8H2,1-3H3,(H,13,17)(H,15,16). The number of aliphatic carboxylic acids is 1. The smallest absolute Gasteiger partial charge is 0.318 e. The van der Waals surface area contributed by atoms with Crippen molar-refractivity contribution in [3.63, 3.8) is 0 Å². The van der Waals surface area contributed by atoms with Gasteiger partial charge >= 0.3 is 12.0 Å². The molecule has 0 aliphatic carbocycles. The van der Waals surface area contributed by atoms with E-state index in [-0.39, 0.29) is 24.0 Å². The Hall–Kier alpha value is -1.26. The molecule has 98 valence electrons. The largest absolute Gasteiger partial charge is 0.481 e. The zero-order valence-corrected chi connectivity index (χ0v) is 10.8. The number of carboxylic acid groups (broad SMARTS) is 1. The predicted octanol–water partition coefficient (Wildman–Crippen LogP) is 1.82. The molecule has 0 aromatic carbocycles. The highest BCUT2D eigenvalue weighted by Gasteiger charge is 2.32. The van der Waals surface area contributed by atoms with E-state index in [0.29, 0.717) is 6.54 Å². The van der Waals surface area contributed by atoms with E-state index >= 15 is 0 Å². The van der Waals surface area contributed by atoms with Crippen molar-refractivity contribution in [2.75, 3.05) is 6.54 Å². The van der Waals surface area contributed by atoms with Crippen molar-refractivity contribution in [3.8, 4) is 0 Å². The summed E-state index contributed by atoms with van der Waals surface area (Å²) in [6.45, 7) is 6.60. The summed E-state index contributed by atoms with van der Waals surface area (Å²) in [5.41, 5.74) is -0.243. The van der Waals surface area contributed by atoms with Gasteiger partial charge in [0.05, 0.1) is 6.42 Å². The summed E-state index contributed by atoms with van der Waals surface area (Å²) in [7, 11) is 0. The Labute approximate surface area is 102 Å². The van der Waals surface area contributed by atoms with Gasteiger partial charge in [-0.3, -0.25) is 4.79 Å². The van der Waals surface area contributed by atoms with Gasteiger partial charge in [-0.05, 0) is 33.1 Å². The van der Waals surface area contributed by atoms with Crippen molar-refractivity contribution < 1.29 is 14.7 Å². The van der Waals surface area contributed by atoms with E-state index < -0.39 is 5.97 Å². The van der Waals surface area contributed by atoms with Gasteiger partial charge in [0.25, 0.3) is 0 Å². The minimum absolute atomic E-state index is 0.0416. The second-order valence-electron chi connectivity index (χ2n) is 5.25. The van der Waals surface area contributed by atoms with Crippen LogP contribution in [0.25, 0.3) is 0 Å². The van der Waals surface area contributed by atoms with Crippen LogP contribution < -0.4 is 5.32 Å². The Morgan fingerprint density at radius 2 is 2.12 bits per heavy atom. The number of carbonyl (C=O) groups excluding carboxylic acids is 1. The Bertz CT molecular complexity index is 302. The van der Waals surface area contributed by atoms with Crippen molar-refractivity contribution in [1.29, 1.82) is 0 Å². The molecule has 2 amide bonds. The first-order valence-corrected chi connectivity index (χ1v) is 6.16. The highest BCUT2D eigenvalue weighted by atomic mass is 16.4. The van der Waals surface area contributed by atoms with Crippen molar-refractivity contribution in [2.24, 2.45) is 0 Å². The third-order valence-electron chi connectivity index (χ3n) is 3.38. The second-order valence-corrected chi connectivity index (χ2v) is 5.25. The predicted molar refractivity (Wildman–Crippen MR) is 64.9 cm³/mol. The Morgan fingerprint density at radius 3 is 2.65 bits per heavy atom. The molecular weight excluding hydrogens is 220 g/mol. The number of rotatable bonds is 4. The van der Waals surface area contributed by atoms with Crippen LogP contribution in [0.4, 0.5) is 4.79 Å². The molecule has 0 aromatic heterocycles. The summed E-state index contributed by atoms with van der Waals surface area (Å²) in [4.78, 5) is 24.4.